The number of carboxylic acid groups (broad SMARTS) is 4. The second-order valence-corrected chi connectivity index (χ2v) is 39.8. The summed E-state index contributed by atoms with van der Waals surface area (Å²) in [5.41, 5.74) is 0. The van der Waals surface area contributed by atoms with E-state index in [2.05, 4.69) is 53.2 Å². The zero-order valence-electron chi connectivity index (χ0n) is 73.2. The highest BCUT2D eigenvalue weighted by Crippen LogP contribution is 2.53. The molecule has 0 aromatic carbocycles. The van der Waals surface area contributed by atoms with Crippen LogP contribution < -0.4 is 63.8 Å². The summed E-state index contributed by atoms with van der Waals surface area (Å²) < 4.78 is -1.11. The minimum atomic E-state index is -1.53. The van der Waals surface area contributed by atoms with Crippen LogP contribution in [0.3, 0.4) is 0 Å². The molecule has 4 saturated heterocycles. The van der Waals surface area contributed by atoms with Gasteiger partial charge in [-0.2, -0.15) is 0 Å². The van der Waals surface area contributed by atoms with Crippen LogP contribution in [0.15, 0.2) is 0 Å². The highest BCUT2D eigenvalue weighted by atomic mass is 32.2. The van der Waals surface area contributed by atoms with E-state index in [1.807, 2.05) is 10.6 Å². The van der Waals surface area contributed by atoms with Crippen molar-refractivity contribution in [1.82, 2.24) is 73.6 Å². The third-order valence-corrected chi connectivity index (χ3v) is 29.3. The third-order valence-electron chi connectivity index (χ3n) is 22.4. The Morgan fingerprint density at radius 1 is 0.357 bits per heavy atom. The molecule has 44 heteroatoms. The zero-order chi connectivity index (χ0) is 94.0. The highest BCUT2D eigenvalue weighted by molar-refractivity contribution is 8.21. The lowest BCUT2D eigenvalue weighted by Crippen LogP contribution is -2.62. The average Bonchev–Trinajstić information content (AvgIpc) is 1.62. The Morgan fingerprint density at radius 3 is 0.937 bits per heavy atom. The van der Waals surface area contributed by atoms with Crippen LogP contribution in [0.2, 0.25) is 0 Å². The molecule has 0 aromatic heterocycles. The van der Waals surface area contributed by atoms with E-state index in [1.54, 1.807) is 88.6 Å². The number of nitrogens with zero attached hydrogens (tertiary/aromatic N) is 2. The van der Waals surface area contributed by atoms with Crippen LogP contribution in [0, 0.1) is 23.7 Å². The molecule has 4 heterocycles. The van der Waals surface area contributed by atoms with E-state index in [-0.39, 0.29) is 94.3 Å². The largest absolute Gasteiger partial charge is 0.481 e. The first kappa shape index (κ1) is 107. The van der Waals surface area contributed by atoms with Crippen LogP contribution in [-0.4, -0.2) is 290 Å². The molecule has 2 saturated carbocycles. The molecule has 2 spiro atoms. The van der Waals surface area contributed by atoms with Gasteiger partial charge < -0.3 is 104 Å². The van der Waals surface area contributed by atoms with E-state index < -0.39 is 243 Å². The molecule has 16 N–H and O–H groups in total. The van der Waals surface area contributed by atoms with Crippen LogP contribution in [0.5, 0.6) is 0 Å². The zero-order valence-corrected chi connectivity index (χ0v) is 76.4. The molecule has 14 amide bonds. The number of carbonyl (C=O) groups is 22. The summed E-state index contributed by atoms with van der Waals surface area (Å²) in [6.45, 7) is 13.8. The van der Waals surface area contributed by atoms with Crippen molar-refractivity contribution in [2.24, 2.45) is 23.7 Å². The van der Waals surface area contributed by atoms with Crippen molar-refractivity contribution in [2.45, 2.75) is 304 Å². The standard InChI is InChI=1S/C42H65N7O12S2.C40H61N7O14S2/c1-7-11-28(35(55)40(60)43-21-32(53)54)45-38(58)31-20-42(62-18-19-63-42)22-49(31)41(61)34(27-12-9-8-10-13-27)48-39(59)33(23(2)3)47-37(57)30(17-15-25(5)51)46-36(56)29(44-26(6)52)16-14-24(4)50;1-5-9-24(33(55)38(60)41-19-30(53)54)43-36(58)27-18-40(62-16-17-63-40)20-47(27)39(61)32(23-10-7-6-8-11-23)46-37(59)31(21(2)3)45-35(57)26(13-15-29(51)52)44-34(56)25(42-22(4)48)12-14-28(49)50/h23,27-31,33-34H,7-22H2,1-6H3,(H,43,60)(H,44,52)(H,45,58)(H,46,56)(H,47,57)(H,48,59)(H,53,54);21,23-27,31-32H,5-20H2,1-4H3,(H,41,60)(H,42,48)(H,43,58)(H,44,56)(H,45,57)(H,46,59)(H,49,50)(H,51,52)(H,53,54)/t28?,29?,30?,31-,33?,34?;24?,25?,26?,27-,31?,32?/m00/s1. The fourth-order valence-corrected chi connectivity index (χ4v) is 22.4. The van der Waals surface area contributed by atoms with E-state index in [0.29, 0.717) is 38.5 Å². The molecule has 40 nitrogen and oxygen atoms in total. The van der Waals surface area contributed by atoms with Crippen LogP contribution in [0.25, 0.3) is 0 Å². The topological polar surface area (TPSA) is 607 Å². The number of thioether (sulfide) groups is 4. The first-order valence-electron chi connectivity index (χ1n) is 43.0. The van der Waals surface area contributed by atoms with Gasteiger partial charge in [0.2, 0.25) is 82.5 Å². The maximum atomic E-state index is 15.0. The predicted octanol–water partition coefficient (Wildman–Crippen LogP) is 0.496. The van der Waals surface area contributed by atoms with Crippen molar-refractivity contribution in [1.29, 1.82) is 0 Å². The summed E-state index contributed by atoms with van der Waals surface area (Å²) in [5.74, 6) is -17.4. The van der Waals surface area contributed by atoms with Gasteiger partial charge in [0, 0.05) is 88.5 Å². The second-order valence-electron chi connectivity index (χ2n) is 33.4. The molecule has 6 aliphatic rings. The summed E-state index contributed by atoms with van der Waals surface area (Å²) in [7, 11) is 0. The van der Waals surface area contributed by atoms with Gasteiger partial charge in [0.1, 0.15) is 85.1 Å². The normalized spacial score (nSPS) is 19.5. The fourth-order valence-electron chi connectivity index (χ4n) is 15.9. The van der Waals surface area contributed by atoms with E-state index in [4.69, 9.17) is 15.3 Å². The number of aliphatic carboxylic acids is 4. The molecule has 126 heavy (non-hydrogen) atoms. The van der Waals surface area contributed by atoms with Crippen LogP contribution in [-0.2, 0) is 105 Å². The number of rotatable bonds is 48. The number of carboxylic acids is 4. The van der Waals surface area contributed by atoms with Crippen molar-refractivity contribution in [2.75, 3.05) is 49.2 Å². The summed E-state index contributed by atoms with van der Waals surface area (Å²) in [6, 6.07) is -15.0. The van der Waals surface area contributed by atoms with Gasteiger partial charge in [0.15, 0.2) is 0 Å². The Kier molecular flexibility index (Phi) is 44.3. The fraction of sp³-hybridized carbons (Fsp3) is 0.732. The molecule has 704 valence electrons. The van der Waals surface area contributed by atoms with Gasteiger partial charge >= 0.3 is 23.9 Å². The van der Waals surface area contributed by atoms with Gasteiger partial charge in [-0.05, 0) is 102 Å². The third kappa shape index (κ3) is 34.0. The van der Waals surface area contributed by atoms with Crippen molar-refractivity contribution < 1.29 is 126 Å². The van der Waals surface area contributed by atoms with E-state index >= 15 is 0 Å². The molecule has 0 aromatic rings. The number of hydrogen-bond donors (Lipinski definition) is 16. The highest BCUT2D eigenvalue weighted by Gasteiger charge is 2.56. The minimum Gasteiger partial charge on any atom is -0.481 e. The smallest absolute Gasteiger partial charge is 0.322 e. The maximum absolute atomic E-state index is 15.0. The summed E-state index contributed by atoms with van der Waals surface area (Å²) in [4.78, 5) is 288. The molecule has 0 radical (unpaired) electrons. The van der Waals surface area contributed by atoms with E-state index in [1.165, 1.54) is 30.6 Å². The van der Waals surface area contributed by atoms with E-state index in [0.717, 1.165) is 68.5 Å². The number of ketones is 4. The lowest BCUT2D eigenvalue weighted by molar-refractivity contribution is -0.145. The summed E-state index contributed by atoms with van der Waals surface area (Å²) in [5, 5.41) is 66.8. The van der Waals surface area contributed by atoms with Gasteiger partial charge in [-0.25, -0.2) is 0 Å². The number of carbonyl (C=O) groups excluding carboxylic acids is 18. The second kappa shape index (κ2) is 52.1. The SMILES string of the molecule is CCCC(NC(=O)[C@@H]1CC2(CN1C(=O)C(NC(=O)C(NC(=O)C(CCC(=O)O)NC(=O)C(CCC(=O)O)NC(C)=O)C(C)C)C1CCCCC1)SCCS2)C(=O)C(=O)NCC(=O)O.CCCC(NC(=O)[C@@H]1CC2(CN1C(=O)C(NC(=O)C(NC(=O)C(CCC(C)=O)NC(=O)C(CCC(C)=O)NC(C)=O)C(C)C)C1CCCCC1)SCCS2)C(=O)C(=O)NCC(=O)O. The average molecular weight is 1850 g/mol. The van der Waals surface area contributed by atoms with Gasteiger partial charge in [-0.3, -0.25) is 95.9 Å². The first-order chi connectivity index (χ1) is 59.4. The lowest BCUT2D eigenvalue weighted by Gasteiger charge is -2.36. The molecule has 4 aliphatic heterocycles. The Hall–Kier alpha value is -9.46. The Bertz CT molecular complexity index is 3720. The Morgan fingerprint density at radius 2 is 0.659 bits per heavy atom. The number of amides is 14. The van der Waals surface area contributed by atoms with Gasteiger partial charge in [-0.1, -0.05) is 92.9 Å². The molecule has 2 aliphatic carbocycles. The van der Waals surface area contributed by atoms with Crippen LogP contribution >= 0.6 is 47.0 Å². The maximum Gasteiger partial charge on any atom is 0.322 e. The number of hydrogen-bond acceptors (Lipinski definition) is 26. The molecule has 0 bridgehead atoms. The first-order valence-corrected chi connectivity index (χ1v) is 46.9. The van der Waals surface area contributed by atoms with Crippen molar-refractivity contribution in [3.8, 4) is 0 Å². The number of nitrogens with one attached hydrogen (secondary N) is 12. The molecule has 12 atom stereocenters. The van der Waals surface area contributed by atoms with Gasteiger partial charge in [0.25, 0.3) is 11.8 Å². The van der Waals surface area contributed by atoms with Crippen LogP contribution in [0.1, 0.15) is 223 Å². The predicted molar refractivity (Wildman–Crippen MR) is 464 cm³/mol. The van der Waals surface area contributed by atoms with Crippen LogP contribution in [0.4, 0.5) is 0 Å². The summed E-state index contributed by atoms with van der Waals surface area (Å²) in [6.07, 6.45) is 6.51. The van der Waals surface area contributed by atoms with Crippen molar-refractivity contribution in [3.63, 3.8) is 0 Å². The monoisotopic (exact) mass is 1850 g/mol. The lowest BCUT2D eigenvalue weighted by atomic mass is 9.83. The Balaban J connectivity index is 0.000000447. The molecular weight excluding hydrogens is 1730 g/mol. The molecule has 6 rings (SSSR count). The van der Waals surface area contributed by atoms with E-state index in [9.17, 15) is 111 Å². The molecular formula is C82H126N14O26S4. The molecule has 10 unspecified atom stereocenters. The Labute approximate surface area is 749 Å². The molecule has 6 fully saturated rings. The summed E-state index contributed by atoms with van der Waals surface area (Å²) >= 11 is 6.44. The minimum absolute atomic E-state index is 0.0192. The van der Waals surface area contributed by atoms with Crippen molar-refractivity contribution >= 4 is 177 Å². The van der Waals surface area contributed by atoms with Gasteiger partial charge in [-0.15, -0.1) is 47.0 Å². The van der Waals surface area contributed by atoms with Gasteiger partial charge in [0.05, 0.1) is 20.2 Å². The van der Waals surface area contributed by atoms with Crippen molar-refractivity contribution in [3.05, 3.63) is 0 Å². The number of likely N-dealkylation sites (tertiary alicyclic amines) is 2. The number of Topliss-reactive ketones (excluding diaryl/α,β-unsaturated/α-hetero) is 4. The quantitative estimate of drug-likeness (QED) is 0.0369.